The van der Waals surface area contributed by atoms with Crippen LogP contribution in [0.4, 0.5) is 0 Å². The number of rotatable bonds is 5. The van der Waals surface area contributed by atoms with E-state index < -0.39 is 12.0 Å². The molecule has 1 aromatic carbocycles. The Balaban J connectivity index is 2.00. The van der Waals surface area contributed by atoms with Gasteiger partial charge in [0.15, 0.2) is 0 Å². The molecule has 1 amide bonds. The molecule has 0 aromatic heterocycles. The van der Waals surface area contributed by atoms with E-state index in [4.69, 9.17) is 4.74 Å². The maximum Gasteiger partial charge on any atom is 0.326 e. The zero-order chi connectivity index (χ0) is 14.5. The number of halogens is 1. The van der Waals surface area contributed by atoms with Gasteiger partial charge in [-0.2, -0.15) is 0 Å². The second-order valence-electron chi connectivity index (χ2n) is 4.79. The Bertz CT molecular complexity index is 500. The van der Waals surface area contributed by atoms with Crippen LogP contribution in [0.3, 0.4) is 0 Å². The summed E-state index contributed by atoms with van der Waals surface area (Å²) >= 11 is 3.34. The summed E-state index contributed by atoms with van der Waals surface area (Å²) in [6, 6.07) is 6.47. The van der Waals surface area contributed by atoms with Crippen molar-refractivity contribution in [3.05, 3.63) is 34.3 Å². The third kappa shape index (κ3) is 4.05. The standard InChI is InChI=1S/C14H16BrNO4/c15-11-3-1-2-9(6-11)7-12(14(18)19)16-13(17)10-4-5-20-8-10/h1-3,6,10,12H,4-5,7-8H2,(H,16,17)(H,18,19)/t10-,12-/m1/s1. The van der Waals surface area contributed by atoms with Crippen molar-refractivity contribution in [1.29, 1.82) is 0 Å². The molecule has 1 aromatic rings. The highest BCUT2D eigenvalue weighted by atomic mass is 79.9. The van der Waals surface area contributed by atoms with Gasteiger partial charge in [-0.15, -0.1) is 0 Å². The average Bonchev–Trinajstić information content (AvgIpc) is 2.91. The van der Waals surface area contributed by atoms with E-state index in [9.17, 15) is 14.7 Å². The first-order chi connectivity index (χ1) is 9.56. The monoisotopic (exact) mass is 341 g/mol. The number of carboxylic acid groups (broad SMARTS) is 1. The van der Waals surface area contributed by atoms with Gasteiger partial charge in [0.05, 0.1) is 12.5 Å². The van der Waals surface area contributed by atoms with Crippen LogP contribution in [0.15, 0.2) is 28.7 Å². The van der Waals surface area contributed by atoms with Gasteiger partial charge in [-0.25, -0.2) is 4.79 Å². The van der Waals surface area contributed by atoms with Gasteiger partial charge >= 0.3 is 5.97 Å². The lowest BCUT2D eigenvalue weighted by Crippen LogP contribution is -2.45. The molecule has 5 nitrogen and oxygen atoms in total. The van der Waals surface area contributed by atoms with Crippen molar-refractivity contribution < 1.29 is 19.4 Å². The number of ether oxygens (including phenoxy) is 1. The van der Waals surface area contributed by atoms with Crippen LogP contribution in [0.5, 0.6) is 0 Å². The number of carbonyl (C=O) groups excluding carboxylic acids is 1. The topological polar surface area (TPSA) is 75.6 Å². The van der Waals surface area contributed by atoms with Gasteiger partial charge in [-0.05, 0) is 24.1 Å². The minimum absolute atomic E-state index is 0.237. The lowest BCUT2D eigenvalue weighted by Gasteiger charge is -2.17. The number of aliphatic carboxylic acids is 1. The maximum absolute atomic E-state index is 12.0. The Morgan fingerprint density at radius 2 is 2.30 bits per heavy atom. The summed E-state index contributed by atoms with van der Waals surface area (Å²) in [7, 11) is 0. The fourth-order valence-electron chi connectivity index (χ4n) is 2.13. The minimum Gasteiger partial charge on any atom is -0.480 e. The fraction of sp³-hybridized carbons (Fsp3) is 0.429. The van der Waals surface area contributed by atoms with E-state index in [0.29, 0.717) is 19.6 Å². The van der Waals surface area contributed by atoms with Crippen LogP contribution >= 0.6 is 15.9 Å². The molecule has 2 N–H and O–H groups in total. The van der Waals surface area contributed by atoms with E-state index in [1.807, 2.05) is 24.3 Å². The van der Waals surface area contributed by atoms with Gasteiger partial charge in [0, 0.05) is 17.5 Å². The number of amides is 1. The lowest BCUT2D eigenvalue weighted by molar-refractivity contribution is -0.142. The third-order valence-electron chi connectivity index (χ3n) is 3.24. The summed E-state index contributed by atoms with van der Waals surface area (Å²) in [5.74, 6) is -1.51. The summed E-state index contributed by atoms with van der Waals surface area (Å²) in [5, 5.41) is 11.8. The molecule has 0 radical (unpaired) electrons. The van der Waals surface area contributed by atoms with Gasteiger partial charge < -0.3 is 15.2 Å². The molecule has 1 aliphatic heterocycles. The first-order valence-corrected chi connectivity index (χ1v) is 7.21. The number of hydrogen-bond acceptors (Lipinski definition) is 3. The number of nitrogens with one attached hydrogen (secondary N) is 1. The van der Waals surface area contributed by atoms with Crippen molar-refractivity contribution in [3.8, 4) is 0 Å². The molecule has 20 heavy (non-hydrogen) atoms. The van der Waals surface area contributed by atoms with E-state index in [-0.39, 0.29) is 18.2 Å². The molecule has 0 unspecified atom stereocenters. The van der Waals surface area contributed by atoms with Crippen LogP contribution in [-0.4, -0.2) is 36.2 Å². The van der Waals surface area contributed by atoms with E-state index in [1.165, 1.54) is 0 Å². The largest absolute Gasteiger partial charge is 0.480 e. The van der Waals surface area contributed by atoms with Crippen molar-refractivity contribution in [3.63, 3.8) is 0 Å². The molecular formula is C14H16BrNO4. The highest BCUT2D eigenvalue weighted by molar-refractivity contribution is 9.10. The maximum atomic E-state index is 12.0. The van der Waals surface area contributed by atoms with Crippen LogP contribution in [0.1, 0.15) is 12.0 Å². The van der Waals surface area contributed by atoms with Crippen LogP contribution in [0.25, 0.3) is 0 Å². The molecule has 0 aliphatic carbocycles. The number of hydrogen-bond donors (Lipinski definition) is 2. The van der Waals surface area contributed by atoms with Crippen molar-refractivity contribution >= 4 is 27.8 Å². The Hall–Kier alpha value is -1.40. The summed E-state index contributed by atoms with van der Waals surface area (Å²) in [4.78, 5) is 23.2. The molecule has 1 fully saturated rings. The lowest BCUT2D eigenvalue weighted by atomic mass is 10.0. The van der Waals surface area contributed by atoms with E-state index in [1.54, 1.807) is 0 Å². The summed E-state index contributed by atoms with van der Waals surface area (Å²) in [5.41, 5.74) is 0.856. The normalized spacial score (nSPS) is 19.6. The molecule has 108 valence electrons. The van der Waals surface area contributed by atoms with E-state index in [2.05, 4.69) is 21.2 Å². The molecule has 6 heteroatoms. The molecule has 0 saturated carbocycles. The molecular weight excluding hydrogens is 326 g/mol. The molecule has 2 atom stereocenters. The zero-order valence-corrected chi connectivity index (χ0v) is 12.4. The van der Waals surface area contributed by atoms with E-state index in [0.717, 1.165) is 10.0 Å². The van der Waals surface area contributed by atoms with Crippen LogP contribution in [0.2, 0.25) is 0 Å². The average molecular weight is 342 g/mol. The SMILES string of the molecule is O=C(N[C@H](Cc1cccc(Br)c1)C(=O)O)[C@@H]1CCOC1. The Morgan fingerprint density at radius 3 is 2.90 bits per heavy atom. The quantitative estimate of drug-likeness (QED) is 0.852. The van der Waals surface area contributed by atoms with Crippen molar-refractivity contribution in [2.24, 2.45) is 5.92 Å². The molecule has 1 aliphatic rings. The number of carboxylic acids is 1. The smallest absolute Gasteiger partial charge is 0.326 e. The van der Waals surface area contributed by atoms with Crippen LogP contribution < -0.4 is 5.32 Å². The second kappa shape index (κ2) is 6.85. The van der Waals surface area contributed by atoms with Gasteiger partial charge in [0.25, 0.3) is 0 Å². The van der Waals surface area contributed by atoms with Gasteiger partial charge in [0.1, 0.15) is 6.04 Å². The molecule has 1 saturated heterocycles. The first-order valence-electron chi connectivity index (χ1n) is 6.41. The Labute approximate surface area is 125 Å². The third-order valence-corrected chi connectivity index (χ3v) is 3.74. The number of carbonyl (C=O) groups is 2. The second-order valence-corrected chi connectivity index (χ2v) is 5.71. The summed E-state index contributed by atoms with van der Waals surface area (Å²) in [6.45, 7) is 0.927. The summed E-state index contributed by atoms with van der Waals surface area (Å²) in [6.07, 6.45) is 0.906. The minimum atomic E-state index is -1.03. The summed E-state index contributed by atoms with van der Waals surface area (Å²) < 4.78 is 6.02. The molecule has 1 heterocycles. The van der Waals surface area contributed by atoms with Gasteiger partial charge in [0.2, 0.25) is 5.91 Å². The fourth-order valence-corrected chi connectivity index (χ4v) is 2.58. The zero-order valence-electron chi connectivity index (χ0n) is 10.8. The Morgan fingerprint density at radius 1 is 1.50 bits per heavy atom. The first kappa shape index (κ1) is 15.0. The predicted octanol–water partition coefficient (Wildman–Crippen LogP) is 1.60. The van der Waals surface area contributed by atoms with Gasteiger partial charge in [-0.3, -0.25) is 4.79 Å². The predicted molar refractivity (Wildman–Crippen MR) is 76.3 cm³/mol. The van der Waals surface area contributed by atoms with Crippen LogP contribution in [-0.2, 0) is 20.7 Å². The van der Waals surface area contributed by atoms with E-state index >= 15 is 0 Å². The number of benzene rings is 1. The van der Waals surface area contributed by atoms with Crippen molar-refractivity contribution in [1.82, 2.24) is 5.32 Å². The molecule has 0 bridgehead atoms. The highest BCUT2D eigenvalue weighted by Crippen LogP contribution is 2.15. The van der Waals surface area contributed by atoms with Crippen molar-refractivity contribution in [2.45, 2.75) is 18.9 Å². The van der Waals surface area contributed by atoms with Crippen molar-refractivity contribution in [2.75, 3.05) is 13.2 Å². The molecule has 0 spiro atoms. The highest BCUT2D eigenvalue weighted by Gasteiger charge is 2.28. The Kier molecular flexibility index (Phi) is 5.14. The van der Waals surface area contributed by atoms with Gasteiger partial charge in [-0.1, -0.05) is 28.1 Å². The van der Waals surface area contributed by atoms with Crippen LogP contribution in [0, 0.1) is 5.92 Å². The molecule has 2 rings (SSSR count).